The zero-order valence-corrected chi connectivity index (χ0v) is 12.4. The van der Waals surface area contributed by atoms with Crippen molar-refractivity contribution in [1.82, 2.24) is 15.3 Å². The van der Waals surface area contributed by atoms with E-state index in [9.17, 15) is 4.79 Å². The molecule has 0 bridgehead atoms. The average Bonchev–Trinajstić information content (AvgIpc) is 3.17. The van der Waals surface area contributed by atoms with E-state index in [4.69, 9.17) is 0 Å². The molecule has 20 heavy (non-hydrogen) atoms. The fourth-order valence-corrected chi connectivity index (χ4v) is 3.08. The summed E-state index contributed by atoms with van der Waals surface area (Å²) in [5.74, 6) is 1.18. The van der Waals surface area contributed by atoms with Gasteiger partial charge in [-0.25, -0.2) is 9.97 Å². The summed E-state index contributed by atoms with van der Waals surface area (Å²) in [4.78, 5) is 21.2. The van der Waals surface area contributed by atoms with Crippen LogP contribution in [0.15, 0.2) is 23.0 Å². The molecule has 2 heterocycles. The van der Waals surface area contributed by atoms with E-state index in [1.807, 2.05) is 30.7 Å². The van der Waals surface area contributed by atoms with Gasteiger partial charge in [-0.3, -0.25) is 4.79 Å². The molecule has 0 saturated heterocycles. The van der Waals surface area contributed by atoms with Crippen molar-refractivity contribution in [2.24, 2.45) is 5.92 Å². The highest BCUT2D eigenvalue weighted by atomic mass is 32.1. The van der Waals surface area contributed by atoms with Crippen LogP contribution >= 0.6 is 11.3 Å². The topological polar surface area (TPSA) is 54.9 Å². The summed E-state index contributed by atoms with van der Waals surface area (Å²) >= 11 is 1.55. The van der Waals surface area contributed by atoms with Gasteiger partial charge < -0.3 is 5.32 Å². The minimum atomic E-state index is -0.0679. The molecule has 1 aliphatic rings. The molecule has 104 valence electrons. The van der Waals surface area contributed by atoms with Crippen molar-refractivity contribution in [3.63, 3.8) is 0 Å². The van der Waals surface area contributed by atoms with Crippen molar-refractivity contribution in [1.29, 1.82) is 0 Å². The van der Waals surface area contributed by atoms with Gasteiger partial charge >= 0.3 is 0 Å². The number of hydrogen-bond acceptors (Lipinski definition) is 4. The van der Waals surface area contributed by atoms with Gasteiger partial charge in [-0.05, 0) is 49.6 Å². The second-order valence-corrected chi connectivity index (χ2v) is 6.06. The van der Waals surface area contributed by atoms with Crippen LogP contribution in [0, 0.1) is 19.8 Å². The lowest BCUT2D eigenvalue weighted by atomic mass is 10.1. The number of carbonyl (C=O) groups excluding carboxylic acids is 1. The van der Waals surface area contributed by atoms with Crippen LogP contribution in [-0.2, 0) is 0 Å². The van der Waals surface area contributed by atoms with Crippen LogP contribution in [0.5, 0.6) is 0 Å². The van der Waals surface area contributed by atoms with Gasteiger partial charge in [-0.2, -0.15) is 11.3 Å². The summed E-state index contributed by atoms with van der Waals surface area (Å²) in [6.45, 7) is 3.90. The molecule has 0 radical (unpaired) electrons. The predicted molar refractivity (Wildman–Crippen MR) is 78.8 cm³/mol. The first-order valence-corrected chi connectivity index (χ1v) is 7.72. The minimum Gasteiger partial charge on any atom is -0.342 e. The average molecular weight is 287 g/mol. The fraction of sp³-hybridized carbons (Fsp3) is 0.400. The monoisotopic (exact) mass is 287 g/mol. The Morgan fingerprint density at radius 1 is 1.40 bits per heavy atom. The van der Waals surface area contributed by atoms with Crippen LogP contribution in [0.25, 0.3) is 0 Å². The number of hydrogen-bond donors (Lipinski definition) is 1. The molecule has 1 atom stereocenters. The molecular weight excluding hydrogens is 270 g/mol. The Hall–Kier alpha value is -1.75. The molecule has 0 aromatic carbocycles. The van der Waals surface area contributed by atoms with Crippen molar-refractivity contribution >= 4 is 17.2 Å². The highest BCUT2D eigenvalue weighted by molar-refractivity contribution is 7.08. The first kappa shape index (κ1) is 13.2. The van der Waals surface area contributed by atoms with Crippen LogP contribution in [0.4, 0.5) is 0 Å². The molecule has 3 rings (SSSR count). The van der Waals surface area contributed by atoms with E-state index in [1.54, 1.807) is 17.5 Å². The lowest BCUT2D eigenvalue weighted by molar-refractivity contribution is 0.0929. The Bertz CT molecular complexity index is 634. The van der Waals surface area contributed by atoms with Crippen LogP contribution in [0.3, 0.4) is 0 Å². The molecule has 5 heteroatoms. The Kier molecular flexibility index (Phi) is 3.53. The smallest absolute Gasteiger partial charge is 0.252 e. The molecule has 1 saturated carbocycles. The number of nitrogens with one attached hydrogen (secondary N) is 1. The molecule has 2 aromatic rings. The van der Waals surface area contributed by atoms with Gasteiger partial charge in [0, 0.05) is 17.3 Å². The van der Waals surface area contributed by atoms with E-state index in [2.05, 4.69) is 15.3 Å². The minimum absolute atomic E-state index is 0.0224. The Morgan fingerprint density at radius 3 is 2.80 bits per heavy atom. The van der Waals surface area contributed by atoms with E-state index in [-0.39, 0.29) is 11.9 Å². The lowest BCUT2D eigenvalue weighted by Gasteiger charge is -2.17. The molecule has 2 aromatic heterocycles. The maximum atomic E-state index is 12.4. The first-order valence-electron chi connectivity index (χ1n) is 6.78. The highest BCUT2D eigenvalue weighted by Crippen LogP contribution is 2.40. The zero-order chi connectivity index (χ0) is 14.1. The number of amides is 1. The van der Waals surface area contributed by atoms with E-state index in [1.165, 1.54) is 0 Å². The van der Waals surface area contributed by atoms with Crippen LogP contribution in [0.2, 0.25) is 0 Å². The number of aromatic nitrogens is 2. The van der Waals surface area contributed by atoms with Gasteiger partial charge in [0.25, 0.3) is 5.91 Å². The largest absolute Gasteiger partial charge is 0.342 e. The molecule has 1 fully saturated rings. The molecule has 4 nitrogen and oxygen atoms in total. The molecular formula is C15H17N3OS. The maximum Gasteiger partial charge on any atom is 0.252 e. The van der Waals surface area contributed by atoms with Gasteiger partial charge in [-0.1, -0.05) is 0 Å². The third-order valence-corrected chi connectivity index (χ3v) is 4.43. The maximum absolute atomic E-state index is 12.4. The van der Waals surface area contributed by atoms with Crippen LogP contribution < -0.4 is 5.32 Å². The summed E-state index contributed by atoms with van der Waals surface area (Å²) in [6.07, 6.45) is 4.02. The quantitative estimate of drug-likeness (QED) is 0.940. The van der Waals surface area contributed by atoms with Gasteiger partial charge in [0.2, 0.25) is 0 Å². The Labute approximate surface area is 122 Å². The standard InChI is InChI=1S/C15H17N3OS/c1-9-7-20-8-12(9)15(19)18-13(11-3-4-11)14-16-6-5-10(2)17-14/h5-8,11,13H,3-4H2,1-2H3,(H,18,19)/t13-/m1/s1. The van der Waals surface area contributed by atoms with E-state index < -0.39 is 0 Å². The summed E-state index contributed by atoms with van der Waals surface area (Å²) in [5, 5.41) is 6.99. The van der Waals surface area contributed by atoms with Crippen molar-refractivity contribution < 1.29 is 4.79 Å². The molecule has 1 aliphatic carbocycles. The Morgan fingerprint density at radius 2 is 2.20 bits per heavy atom. The zero-order valence-electron chi connectivity index (χ0n) is 11.6. The van der Waals surface area contributed by atoms with E-state index in [0.717, 1.165) is 35.5 Å². The second kappa shape index (κ2) is 5.32. The van der Waals surface area contributed by atoms with Crippen molar-refractivity contribution in [3.8, 4) is 0 Å². The normalized spacial score (nSPS) is 15.9. The Balaban J connectivity index is 1.82. The molecule has 1 amide bonds. The third kappa shape index (κ3) is 2.72. The molecule has 0 spiro atoms. The number of nitrogens with zero attached hydrogens (tertiary/aromatic N) is 2. The van der Waals surface area contributed by atoms with Gasteiger partial charge in [0.05, 0.1) is 11.6 Å². The van der Waals surface area contributed by atoms with Gasteiger partial charge in [0.15, 0.2) is 5.82 Å². The number of aryl methyl sites for hydroxylation is 2. The van der Waals surface area contributed by atoms with Crippen molar-refractivity contribution in [2.45, 2.75) is 32.7 Å². The fourth-order valence-electron chi connectivity index (χ4n) is 2.25. The van der Waals surface area contributed by atoms with E-state index in [0.29, 0.717) is 5.92 Å². The van der Waals surface area contributed by atoms with Crippen molar-refractivity contribution in [2.75, 3.05) is 0 Å². The first-order chi connectivity index (χ1) is 9.65. The SMILES string of the molecule is Cc1ccnc([C@H](NC(=O)c2cscc2C)C2CC2)n1. The number of rotatable bonds is 4. The predicted octanol–water partition coefficient (Wildman–Crippen LogP) is 3.04. The molecule has 0 unspecified atom stereocenters. The van der Waals surface area contributed by atoms with Crippen LogP contribution in [-0.4, -0.2) is 15.9 Å². The molecule has 0 aliphatic heterocycles. The molecule has 1 N–H and O–H groups in total. The number of carbonyl (C=O) groups is 1. The summed E-state index contributed by atoms with van der Waals surface area (Å²) in [7, 11) is 0. The third-order valence-electron chi connectivity index (χ3n) is 3.57. The number of thiophene rings is 1. The summed E-state index contributed by atoms with van der Waals surface area (Å²) in [5.41, 5.74) is 2.71. The van der Waals surface area contributed by atoms with Gasteiger partial charge in [-0.15, -0.1) is 0 Å². The van der Waals surface area contributed by atoms with Crippen LogP contribution in [0.1, 0.15) is 46.3 Å². The summed E-state index contributed by atoms with van der Waals surface area (Å²) in [6, 6.07) is 1.81. The van der Waals surface area contributed by atoms with E-state index >= 15 is 0 Å². The second-order valence-electron chi connectivity index (χ2n) is 5.31. The lowest BCUT2D eigenvalue weighted by Crippen LogP contribution is -2.31. The highest BCUT2D eigenvalue weighted by Gasteiger charge is 2.35. The summed E-state index contributed by atoms with van der Waals surface area (Å²) < 4.78 is 0. The van der Waals surface area contributed by atoms with Crippen molar-refractivity contribution in [3.05, 3.63) is 45.7 Å². The van der Waals surface area contributed by atoms with Gasteiger partial charge in [0.1, 0.15) is 0 Å².